The van der Waals surface area contributed by atoms with Gasteiger partial charge in [-0.15, -0.1) is 0 Å². The SMILES string of the molecule is Cc1ccc(C2=CCC(CCC3CCC(C)CC3)OC2)c(F)c1F. The normalized spacial score (nSPS) is 27.8. The summed E-state index contributed by atoms with van der Waals surface area (Å²) >= 11 is 0. The fourth-order valence-corrected chi connectivity index (χ4v) is 3.93. The van der Waals surface area contributed by atoms with Gasteiger partial charge in [-0.3, -0.25) is 0 Å². The van der Waals surface area contributed by atoms with Gasteiger partial charge in [0.25, 0.3) is 0 Å². The molecule has 0 spiro atoms. The Morgan fingerprint density at radius 1 is 1.04 bits per heavy atom. The summed E-state index contributed by atoms with van der Waals surface area (Å²) < 4.78 is 33.8. The van der Waals surface area contributed by atoms with Crippen LogP contribution >= 0.6 is 0 Å². The largest absolute Gasteiger partial charge is 0.373 e. The molecule has 3 heteroatoms. The zero-order valence-electron chi connectivity index (χ0n) is 14.8. The van der Waals surface area contributed by atoms with Crippen molar-refractivity contribution in [3.05, 3.63) is 41.0 Å². The number of rotatable bonds is 4. The molecule has 3 rings (SSSR count). The van der Waals surface area contributed by atoms with Gasteiger partial charge in [0, 0.05) is 5.56 Å². The van der Waals surface area contributed by atoms with Crippen molar-refractivity contribution >= 4 is 5.57 Å². The summed E-state index contributed by atoms with van der Waals surface area (Å²) in [5.41, 5.74) is 1.46. The Hall–Kier alpha value is -1.22. The first-order chi connectivity index (χ1) is 11.5. The van der Waals surface area contributed by atoms with Crippen molar-refractivity contribution < 1.29 is 13.5 Å². The topological polar surface area (TPSA) is 9.23 Å². The molecule has 132 valence electrons. The molecule has 1 aromatic rings. The summed E-state index contributed by atoms with van der Waals surface area (Å²) in [6, 6.07) is 3.29. The molecule has 24 heavy (non-hydrogen) atoms. The van der Waals surface area contributed by atoms with Crippen LogP contribution in [0.4, 0.5) is 8.78 Å². The Bertz CT molecular complexity index is 600. The minimum atomic E-state index is -0.750. The highest BCUT2D eigenvalue weighted by Gasteiger charge is 2.23. The van der Waals surface area contributed by atoms with Gasteiger partial charge in [-0.25, -0.2) is 8.78 Å². The van der Waals surface area contributed by atoms with Crippen LogP contribution in [0.3, 0.4) is 0 Å². The maximum absolute atomic E-state index is 14.1. The first-order valence-corrected chi connectivity index (χ1v) is 9.30. The third-order valence-corrected chi connectivity index (χ3v) is 5.76. The highest BCUT2D eigenvalue weighted by atomic mass is 19.2. The molecule has 1 unspecified atom stereocenters. The zero-order chi connectivity index (χ0) is 17.1. The average molecular weight is 334 g/mol. The molecule has 1 heterocycles. The van der Waals surface area contributed by atoms with Gasteiger partial charge in [-0.2, -0.15) is 0 Å². The van der Waals surface area contributed by atoms with Crippen LogP contribution < -0.4 is 0 Å². The van der Waals surface area contributed by atoms with E-state index in [0.29, 0.717) is 17.7 Å². The molecule has 0 bridgehead atoms. The minimum Gasteiger partial charge on any atom is -0.373 e. The van der Waals surface area contributed by atoms with Gasteiger partial charge in [0.2, 0.25) is 0 Å². The smallest absolute Gasteiger partial charge is 0.166 e. The molecule has 1 atom stereocenters. The van der Waals surface area contributed by atoms with Crippen LogP contribution in [-0.4, -0.2) is 12.7 Å². The van der Waals surface area contributed by atoms with Crippen LogP contribution in [0.25, 0.3) is 5.57 Å². The van der Waals surface area contributed by atoms with Crippen LogP contribution in [0.1, 0.15) is 63.0 Å². The lowest BCUT2D eigenvalue weighted by atomic mass is 9.80. The van der Waals surface area contributed by atoms with Gasteiger partial charge in [0.1, 0.15) is 0 Å². The van der Waals surface area contributed by atoms with Crippen molar-refractivity contribution in [2.24, 2.45) is 11.8 Å². The van der Waals surface area contributed by atoms with Gasteiger partial charge in [-0.05, 0) is 49.2 Å². The van der Waals surface area contributed by atoms with Gasteiger partial charge in [0.15, 0.2) is 11.6 Å². The van der Waals surface area contributed by atoms with E-state index < -0.39 is 11.6 Å². The molecule has 1 aliphatic heterocycles. The van der Waals surface area contributed by atoms with Crippen molar-refractivity contribution in [1.29, 1.82) is 0 Å². The Morgan fingerprint density at radius 3 is 2.46 bits per heavy atom. The van der Waals surface area contributed by atoms with E-state index in [4.69, 9.17) is 4.74 Å². The summed E-state index contributed by atoms with van der Waals surface area (Å²) in [6.45, 7) is 4.31. The monoisotopic (exact) mass is 334 g/mol. The number of aryl methyl sites for hydroxylation is 1. The molecule has 1 aliphatic carbocycles. The van der Waals surface area contributed by atoms with E-state index in [-0.39, 0.29) is 6.10 Å². The lowest BCUT2D eigenvalue weighted by Gasteiger charge is -2.29. The number of hydrogen-bond acceptors (Lipinski definition) is 1. The standard InChI is InChI=1S/C21H28F2O/c1-14-3-6-16(7-4-14)8-10-18-11-9-17(13-24-18)19-12-5-15(2)20(22)21(19)23/h5,9,12,14,16,18H,3-4,6-8,10-11,13H2,1-2H3. The van der Waals surface area contributed by atoms with Crippen molar-refractivity contribution in [3.63, 3.8) is 0 Å². The molecule has 0 amide bonds. The van der Waals surface area contributed by atoms with Crippen LogP contribution in [-0.2, 0) is 4.74 Å². The fraction of sp³-hybridized carbons (Fsp3) is 0.619. The molecule has 1 aromatic carbocycles. The Morgan fingerprint density at radius 2 is 1.79 bits per heavy atom. The van der Waals surface area contributed by atoms with Crippen molar-refractivity contribution in [2.45, 2.75) is 64.9 Å². The molecule has 0 saturated heterocycles. The number of benzene rings is 1. The number of halogens is 2. The first kappa shape index (κ1) is 17.6. The van der Waals surface area contributed by atoms with E-state index in [9.17, 15) is 8.78 Å². The van der Waals surface area contributed by atoms with Crippen LogP contribution in [0.15, 0.2) is 18.2 Å². The maximum Gasteiger partial charge on any atom is 0.166 e. The van der Waals surface area contributed by atoms with E-state index in [1.807, 2.05) is 6.08 Å². The maximum atomic E-state index is 14.1. The first-order valence-electron chi connectivity index (χ1n) is 9.30. The summed E-state index contributed by atoms with van der Waals surface area (Å²) in [6.07, 6.45) is 10.8. The third kappa shape index (κ3) is 4.05. The predicted molar refractivity (Wildman–Crippen MR) is 93.8 cm³/mol. The second-order valence-electron chi connectivity index (χ2n) is 7.66. The third-order valence-electron chi connectivity index (χ3n) is 5.76. The summed E-state index contributed by atoms with van der Waals surface area (Å²) in [5.74, 6) is 0.239. The number of ether oxygens (including phenoxy) is 1. The molecular weight excluding hydrogens is 306 g/mol. The van der Waals surface area contributed by atoms with Crippen LogP contribution in [0.2, 0.25) is 0 Å². The molecule has 0 aromatic heterocycles. The van der Waals surface area contributed by atoms with Crippen molar-refractivity contribution in [2.75, 3.05) is 6.61 Å². The summed E-state index contributed by atoms with van der Waals surface area (Å²) in [5, 5.41) is 0. The Balaban J connectivity index is 1.54. The zero-order valence-corrected chi connectivity index (χ0v) is 14.8. The molecular formula is C21H28F2O. The minimum absolute atomic E-state index is 0.228. The van der Waals surface area contributed by atoms with Crippen molar-refractivity contribution in [1.82, 2.24) is 0 Å². The molecule has 2 aliphatic rings. The van der Waals surface area contributed by atoms with Crippen molar-refractivity contribution in [3.8, 4) is 0 Å². The molecule has 1 fully saturated rings. The quantitative estimate of drug-likeness (QED) is 0.651. The second kappa shape index (κ2) is 7.77. The van der Waals surface area contributed by atoms with Crippen LogP contribution in [0.5, 0.6) is 0 Å². The Kier molecular flexibility index (Phi) is 5.70. The summed E-state index contributed by atoms with van der Waals surface area (Å²) in [7, 11) is 0. The van der Waals surface area contributed by atoms with Gasteiger partial charge in [-0.1, -0.05) is 50.8 Å². The highest BCUT2D eigenvalue weighted by Crippen LogP contribution is 2.33. The Labute approximate surface area is 144 Å². The highest BCUT2D eigenvalue weighted by molar-refractivity contribution is 5.67. The van der Waals surface area contributed by atoms with E-state index >= 15 is 0 Å². The van der Waals surface area contributed by atoms with E-state index in [1.54, 1.807) is 19.1 Å². The fourth-order valence-electron chi connectivity index (χ4n) is 3.93. The van der Waals surface area contributed by atoms with Gasteiger partial charge < -0.3 is 4.74 Å². The number of hydrogen-bond donors (Lipinski definition) is 0. The van der Waals surface area contributed by atoms with Crippen LogP contribution in [0, 0.1) is 30.4 Å². The lowest BCUT2D eigenvalue weighted by molar-refractivity contribution is 0.0590. The predicted octanol–water partition coefficient (Wildman–Crippen LogP) is 6.05. The average Bonchev–Trinajstić information content (AvgIpc) is 2.60. The van der Waals surface area contributed by atoms with E-state index in [1.165, 1.54) is 32.1 Å². The molecule has 0 N–H and O–H groups in total. The molecule has 0 radical (unpaired) electrons. The lowest BCUT2D eigenvalue weighted by Crippen LogP contribution is -2.21. The van der Waals surface area contributed by atoms with Gasteiger partial charge >= 0.3 is 0 Å². The molecule has 1 saturated carbocycles. The molecule has 1 nitrogen and oxygen atoms in total. The summed E-state index contributed by atoms with van der Waals surface area (Å²) in [4.78, 5) is 0. The van der Waals surface area contributed by atoms with E-state index in [0.717, 1.165) is 30.3 Å². The second-order valence-corrected chi connectivity index (χ2v) is 7.66. The van der Waals surface area contributed by atoms with Gasteiger partial charge in [0.05, 0.1) is 12.7 Å². The van der Waals surface area contributed by atoms with E-state index in [2.05, 4.69) is 6.92 Å².